The molecule has 12 heteroatoms. The monoisotopic (exact) mass is 408 g/mol. The van der Waals surface area contributed by atoms with E-state index >= 15 is 0 Å². The number of halogens is 1. The van der Waals surface area contributed by atoms with Crippen molar-refractivity contribution in [2.45, 2.75) is 0 Å². The van der Waals surface area contributed by atoms with Crippen LogP contribution in [0.25, 0.3) is 33.1 Å². The minimum absolute atomic E-state index is 0.0534. The number of nitro benzene ring substituents is 1. The number of benzene rings is 2. The van der Waals surface area contributed by atoms with E-state index in [-0.39, 0.29) is 5.69 Å². The summed E-state index contributed by atoms with van der Waals surface area (Å²) in [5, 5.41) is 11.7. The van der Waals surface area contributed by atoms with Crippen LogP contribution in [0.3, 0.4) is 0 Å². The average Bonchev–Trinajstić information content (AvgIpc) is 2.98. The first kappa shape index (κ1) is 19.7. The second-order valence-corrected chi connectivity index (χ2v) is 6.47. The number of aryl methyl sites for hydroxylation is 1. The van der Waals surface area contributed by atoms with E-state index in [1.165, 1.54) is 6.07 Å². The molecule has 0 saturated heterocycles. The topological polar surface area (TPSA) is 177 Å². The summed E-state index contributed by atoms with van der Waals surface area (Å²) in [7, 11) is -1.40. The standard InChI is InChI=1S/C16H12N4O3.ClHO4/c1-19-14-8-10(23-2)4-6-13(14)17-15-11-7-9(20(21)22)3-5-12(11)18-16(15)19;2-1(3,4)5/h3-8H,1-2H3;(H,2,3,4,5). The van der Waals surface area contributed by atoms with E-state index < -0.39 is 15.2 Å². The van der Waals surface area contributed by atoms with Crippen LogP contribution >= 0.6 is 0 Å². The predicted molar refractivity (Wildman–Crippen MR) is 85.5 cm³/mol. The quantitative estimate of drug-likeness (QED) is 0.221. The van der Waals surface area contributed by atoms with Gasteiger partial charge in [0.25, 0.3) is 5.69 Å². The first-order valence-corrected chi connectivity index (χ1v) is 8.87. The smallest absolute Gasteiger partial charge is 0.306 e. The third-order valence-electron chi connectivity index (χ3n) is 4.06. The van der Waals surface area contributed by atoms with Gasteiger partial charge in [-0.3, -0.25) is 10.1 Å². The molecule has 0 aliphatic carbocycles. The average molecular weight is 409 g/mol. The second-order valence-electron chi connectivity index (χ2n) is 5.71. The highest BCUT2D eigenvalue weighted by Gasteiger charge is 2.20. The molecule has 1 N–H and O–H groups in total. The Balaban J connectivity index is 0.000000403. The maximum atomic E-state index is 11.0. The fourth-order valence-corrected chi connectivity index (χ4v) is 2.86. The zero-order valence-electron chi connectivity index (χ0n) is 14.5. The molecule has 0 fully saturated rings. The highest BCUT2D eigenvalue weighted by molar-refractivity contribution is 6.04. The summed E-state index contributed by atoms with van der Waals surface area (Å²) >= 11 is 0. The molecule has 0 bridgehead atoms. The molecule has 2 aromatic heterocycles. The Hall–Kier alpha value is -3.09. The van der Waals surface area contributed by atoms with Gasteiger partial charge in [0.05, 0.1) is 24.5 Å². The van der Waals surface area contributed by atoms with Gasteiger partial charge in [-0.25, -0.2) is 33.2 Å². The first-order valence-electron chi connectivity index (χ1n) is 7.64. The van der Waals surface area contributed by atoms with Crippen molar-refractivity contribution in [2.75, 3.05) is 7.11 Å². The molecule has 2 aromatic carbocycles. The molecule has 4 aromatic rings. The van der Waals surface area contributed by atoms with Gasteiger partial charge in [0, 0.05) is 18.2 Å². The van der Waals surface area contributed by atoms with Gasteiger partial charge in [-0.05, 0) is 18.2 Å². The number of non-ortho nitro benzene ring substituents is 1. The number of fused-ring (bicyclic) bond motifs is 4. The Labute approximate surface area is 158 Å². The number of nitro groups is 1. The van der Waals surface area contributed by atoms with Crippen molar-refractivity contribution in [3.63, 3.8) is 0 Å². The van der Waals surface area contributed by atoms with Crippen molar-refractivity contribution in [2.24, 2.45) is 7.05 Å². The summed E-state index contributed by atoms with van der Waals surface area (Å²) in [6.07, 6.45) is 0. The Morgan fingerprint density at radius 2 is 1.82 bits per heavy atom. The molecule has 2 heterocycles. The number of aromatic amines is 1. The molecule has 0 unspecified atom stereocenters. The van der Waals surface area contributed by atoms with Crippen LogP contribution in [0.4, 0.5) is 5.69 Å². The van der Waals surface area contributed by atoms with Crippen LogP contribution in [-0.4, -0.2) is 22.0 Å². The van der Waals surface area contributed by atoms with E-state index in [0.717, 1.165) is 33.3 Å². The fraction of sp³-hybridized carbons (Fsp3) is 0.125. The van der Waals surface area contributed by atoms with Crippen LogP contribution in [0.5, 0.6) is 5.75 Å². The van der Waals surface area contributed by atoms with Gasteiger partial charge in [-0.15, -0.1) is 10.2 Å². The van der Waals surface area contributed by atoms with Gasteiger partial charge >= 0.3 is 5.65 Å². The van der Waals surface area contributed by atoms with Gasteiger partial charge in [-0.2, -0.15) is 0 Å². The van der Waals surface area contributed by atoms with E-state index in [9.17, 15) is 10.1 Å². The van der Waals surface area contributed by atoms with Crippen LogP contribution in [0.2, 0.25) is 0 Å². The minimum Gasteiger partial charge on any atom is -0.497 e. The molecule has 146 valence electrons. The second kappa shape index (κ2) is 7.14. The van der Waals surface area contributed by atoms with Gasteiger partial charge < -0.3 is 4.74 Å². The number of H-pyrrole nitrogens is 1. The normalized spacial score (nSPS) is 11.5. The van der Waals surface area contributed by atoms with Crippen LogP contribution in [0, 0.1) is 20.4 Å². The highest BCUT2D eigenvalue weighted by Crippen LogP contribution is 2.28. The summed E-state index contributed by atoms with van der Waals surface area (Å²) in [6.45, 7) is 0. The van der Waals surface area contributed by atoms with Crippen LogP contribution in [-0.2, 0) is 7.05 Å². The zero-order valence-corrected chi connectivity index (χ0v) is 15.3. The molecular formula is C16H13ClN4O7. The van der Waals surface area contributed by atoms with Gasteiger partial charge in [0.2, 0.25) is 0 Å². The fourth-order valence-electron chi connectivity index (χ4n) is 2.86. The molecule has 4 rings (SSSR count). The van der Waals surface area contributed by atoms with Gasteiger partial charge in [0.1, 0.15) is 16.8 Å². The molecule has 0 saturated carbocycles. The molecule has 0 aliphatic heterocycles. The highest BCUT2D eigenvalue weighted by atomic mass is 35.7. The zero-order chi connectivity index (χ0) is 20.6. The third-order valence-corrected chi connectivity index (χ3v) is 4.06. The SMILES string of the molecule is COc1ccc2nc3c4cc([N+](=O)[O-])ccc4[nH]c3[n+](C)c2c1.[O-][Cl+3]([O-])([O-])[O-]. The van der Waals surface area contributed by atoms with E-state index in [1.54, 1.807) is 19.2 Å². The lowest BCUT2D eigenvalue weighted by molar-refractivity contribution is -2.00. The van der Waals surface area contributed by atoms with Crippen LogP contribution in [0.15, 0.2) is 36.4 Å². The number of methoxy groups -OCH3 is 1. The number of nitrogens with one attached hydrogen (secondary N) is 1. The number of nitrogens with zero attached hydrogens (tertiary/aromatic N) is 3. The third kappa shape index (κ3) is 3.93. The van der Waals surface area contributed by atoms with E-state index in [0.29, 0.717) is 5.52 Å². The molecular weight excluding hydrogens is 396 g/mol. The first-order chi connectivity index (χ1) is 13.1. The Morgan fingerprint density at radius 3 is 2.43 bits per heavy atom. The van der Waals surface area contributed by atoms with Crippen LogP contribution < -0.4 is 27.9 Å². The predicted octanol–water partition coefficient (Wildman–Crippen LogP) is -2.15. The van der Waals surface area contributed by atoms with Crippen LogP contribution in [0.1, 0.15) is 0 Å². The van der Waals surface area contributed by atoms with Crippen molar-refractivity contribution in [1.29, 1.82) is 0 Å². The largest absolute Gasteiger partial charge is 0.497 e. The van der Waals surface area contributed by atoms with Crippen molar-refractivity contribution in [1.82, 2.24) is 9.97 Å². The number of hydrogen-bond acceptors (Lipinski definition) is 8. The summed E-state index contributed by atoms with van der Waals surface area (Å²) < 4.78 is 41.2. The molecule has 0 aliphatic rings. The van der Waals surface area contributed by atoms with E-state index in [1.807, 2.05) is 29.8 Å². The minimum atomic E-state index is -4.94. The lowest BCUT2D eigenvalue weighted by atomic mass is 10.2. The van der Waals surface area contributed by atoms with Crippen molar-refractivity contribution in [3.05, 3.63) is 46.5 Å². The lowest BCUT2D eigenvalue weighted by Crippen LogP contribution is -2.68. The summed E-state index contributed by atoms with van der Waals surface area (Å²) in [4.78, 5) is 18.6. The molecule has 0 amide bonds. The summed E-state index contributed by atoms with van der Waals surface area (Å²) in [6, 6.07) is 10.4. The van der Waals surface area contributed by atoms with Gasteiger partial charge in [-0.1, -0.05) is 0 Å². The number of hydrogen-bond donors (Lipinski definition) is 1. The van der Waals surface area contributed by atoms with E-state index in [4.69, 9.17) is 23.4 Å². The Bertz CT molecular complexity index is 1200. The summed E-state index contributed by atoms with van der Waals surface area (Å²) in [5.74, 6) is 0.751. The Kier molecular flexibility index (Phi) is 5.02. The number of rotatable bonds is 2. The number of ether oxygens (including phenoxy) is 1. The van der Waals surface area contributed by atoms with Crippen molar-refractivity contribution >= 4 is 38.8 Å². The summed E-state index contributed by atoms with van der Waals surface area (Å²) in [5.41, 5.74) is 4.10. The molecule has 0 atom stereocenters. The molecule has 0 spiro atoms. The van der Waals surface area contributed by atoms with Crippen molar-refractivity contribution in [3.8, 4) is 5.75 Å². The van der Waals surface area contributed by atoms with Crippen molar-refractivity contribution < 1.29 is 43.1 Å². The Morgan fingerprint density at radius 1 is 1.14 bits per heavy atom. The molecule has 28 heavy (non-hydrogen) atoms. The molecule has 11 nitrogen and oxygen atoms in total. The van der Waals surface area contributed by atoms with E-state index in [2.05, 4.69) is 9.97 Å². The maximum absolute atomic E-state index is 11.0. The number of aromatic nitrogens is 3. The lowest BCUT2D eigenvalue weighted by Gasteiger charge is -2.17. The van der Waals surface area contributed by atoms with Gasteiger partial charge in [0.15, 0.2) is 11.0 Å². The maximum Gasteiger partial charge on any atom is 0.306 e. The molecule has 0 radical (unpaired) electrons.